The van der Waals surface area contributed by atoms with E-state index in [1.807, 2.05) is 30.3 Å². The molecule has 0 saturated heterocycles. The topological polar surface area (TPSA) is 73.9 Å². The molecule has 3 rings (SSSR count). The van der Waals surface area contributed by atoms with Gasteiger partial charge in [0.2, 0.25) is 0 Å². The Kier molecular flexibility index (Phi) is 5.51. The molecule has 1 aliphatic heterocycles. The number of esters is 1. The second kappa shape index (κ2) is 8.19. The molecule has 0 atom stereocenters. The highest BCUT2D eigenvalue weighted by Crippen LogP contribution is 2.32. The Bertz CT molecular complexity index is 745. The monoisotopic (exact) mass is 341 g/mol. The van der Waals surface area contributed by atoms with Gasteiger partial charge in [0.15, 0.2) is 18.1 Å². The number of hydrogen-bond donors (Lipinski definition) is 1. The van der Waals surface area contributed by atoms with Crippen molar-refractivity contribution in [2.24, 2.45) is 0 Å². The van der Waals surface area contributed by atoms with E-state index < -0.39 is 11.9 Å². The number of ether oxygens (including phenoxy) is 3. The predicted molar refractivity (Wildman–Crippen MR) is 91.8 cm³/mol. The van der Waals surface area contributed by atoms with Crippen molar-refractivity contribution >= 4 is 17.6 Å². The number of carbonyl (C=O) groups excluding carboxylic acids is 2. The van der Waals surface area contributed by atoms with Gasteiger partial charge in [-0.15, -0.1) is 0 Å². The molecule has 0 saturated carbocycles. The first-order chi connectivity index (χ1) is 12.2. The lowest BCUT2D eigenvalue weighted by molar-refractivity contribution is -0.147. The van der Waals surface area contributed by atoms with Crippen LogP contribution in [0.4, 0.5) is 5.69 Å². The SMILES string of the molecule is O=C(COC(=O)CCc1ccccc1)Nc1ccc2c(c1)OCCO2. The van der Waals surface area contributed by atoms with E-state index in [1.165, 1.54) is 0 Å². The Labute approximate surface area is 145 Å². The molecule has 6 heteroatoms. The molecule has 1 heterocycles. The van der Waals surface area contributed by atoms with Crippen LogP contribution >= 0.6 is 0 Å². The van der Waals surface area contributed by atoms with Gasteiger partial charge >= 0.3 is 5.97 Å². The standard InChI is InChI=1S/C19H19NO5/c21-18(13-25-19(22)9-6-14-4-2-1-3-5-14)20-15-7-8-16-17(12-15)24-11-10-23-16/h1-5,7-8,12H,6,9-11,13H2,(H,20,21). The van der Waals surface area contributed by atoms with E-state index in [4.69, 9.17) is 14.2 Å². The fourth-order valence-corrected chi connectivity index (χ4v) is 2.43. The summed E-state index contributed by atoms with van der Waals surface area (Å²) in [5, 5.41) is 2.67. The van der Waals surface area contributed by atoms with Gasteiger partial charge in [-0.25, -0.2) is 0 Å². The minimum atomic E-state index is -0.402. The molecule has 25 heavy (non-hydrogen) atoms. The van der Waals surface area contributed by atoms with Crippen LogP contribution < -0.4 is 14.8 Å². The summed E-state index contributed by atoms with van der Waals surface area (Å²) in [5.41, 5.74) is 1.62. The fourth-order valence-electron chi connectivity index (χ4n) is 2.43. The van der Waals surface area contributed by atoms with Crippen molar-refractivity contribution in [3.05, 3.63) is 54.1 Å². The molecule has 130 valence electrons. The van der Waals surface area contributed by atoms with E-state index in [0.29, 0.717) is 36.8 Å². The molecule has 0 aliphatic carbocycles. The van der Waals surface area contributed by atoms with Gasteiger partial charge in [-0.1, -0.05) is 30.3 Å². The zero-order chi connectivity index (χ0) is 17.5. The van der Waals surface area contributed by atoms with Gasteiger partial charge in [0.25, 0.3) is 5.91 Å². The number of anilines is 1. The van der Waals surface area contributed by atoms with Gasteiger partial charge in [0, 0.05) is 18.2 Å². The second-order valence-electron chi connectivity index (χ2n) is 5.55. The molecule has 2 aromatic rings. The largest absolute Gasteiger partial charge is 0.486 e. The molecule has 1 amide bonds. The summed E-state index contributed by atoms with van der Waals surface area (Å²) in [6.45, 7) is 0.670. The van der Waals surface area contributed by atoms with Gasteiger partial charge in [0.1, 0.15) is 13.2 Å². The average molecular weight is 341 g/mol. The molecule has 1 N–H and O–H groups in total. The summed E-state index contributed by atoms with van der Waals surface area (Å²) in [6.07, 6.45) is 0.824. The average Bonchev–Trinajstić information content (AvgIpc) is 2.65. The van der Waals surface area contributed by atoms with Crippen molar-refractivity contribution < 1.29 is 23.8 Å². The van der Waals surface area contributed by atoms with Crippen LogP contribution in [-0.4, -0.2) is 31.7 Å². The number of amides is 1. The molecule has 0 unspecified atom stereocenters. The summed E-state index contributed by atoms with van der Waals surface area (Å²) >= 11 is 0. The van der Waals surface area contributed by atoms with E-state index in [0.717, 1.165) is 5.56 Å². The van der Waals surface area contributed by atoms with E-state index in [-0.39, 0.29) is 13.0 Å². The molecule has 0 bridgehead atoms. The molecular weight excluding hydrogens is 322 g/mol. The normalized spacial score (nSPS) is 12.3. The second-order valence-corrected chi connectivity index (χ2v) is 5.55. The Morgan fingerprint density at radius 3 is 2.56 bits per heavy atom. The third-order valence-electron chi connectivity index (χ3n) is 3.65. The number of benzene rings is 2. The van der Waals surface area contributed by atoms with Crippen molar-refractivity contribution in [1.82, 2.24) is 0 Å². The van der Waals surface area contributed by atoms with Gasteiger partial charge in [-0.2, -0.15) is 0 Å². The van der Waals surface area contributed by atoms with Crippen molar-refractivity contribution in [3.8, 4) is 11.5 Å². The van der Waals surface area contributed by atoms with Crippen molar-refractivity contribution in [1.29, 1.82) is 0 Å². The fraction of sp³-hybridized carbons (Fsp3) is 0.263. The molecule has 6 nitrogen and oxygen atoms in total. The number of hydrogen-bond acceptors (Lipinski definition) is 5. The summed E-state index contributed by atoms with van der Waals surface area (Å²) < 4.78 is 15.9. The minimum absolute atomic E-state index is 0.237. The molecular formula is C19H19NO5. The van der Waals surface area contributed by atoms with Crippen molar-refractivity contribution in [3.63, 3.8) is 0 Å². The Morgan fingerprint density at radius 2 is 1.76 bits per heavy atom. The lowest BCUT2D eigenvalue weighted by Crippen LogP contribution is -2.21. The van der Waals surface area contributed by atoms with Gasteiger partial charge < -0.3 is 19.5 Å². The summed E-state index contributed by atoms with van der Waals surface area (Å²) in [5.74, 6) is 0.436. The quantitative estimate of drug-likeness (QED) is 0.818. The van der Waals surface area contributed by atoms with E-state index >= 15 is 0 Å². The first-order valence-corrected chi connectivity index (χ1v) is 8.10. The van der Waals surface area contributed by atoms with Crippen LogP contribution in [0.15, 0.2) is 48.5 Å². The minimum Gasteiger partial charge on any atom is -0.486 e. The summed E-state index contributed by atoms with van der Waals surface area (Å²) in [6, 6.07) is 14.8. The van der Waals surface area contributed by atoms with Crippen LogP contribution in [0.2, 0.25) is 0 Å². The molecule has 0 radical (unpaired) electrons. The number of rotatable bonds is 6. The predicted octanol–water partition coefficient (Wildman–Crippen LogP) is 2.57. The van der Waals surface area contributed by atoms with Crippen LogP contribution in [-0.2, 0) is 20.7 Å². The van der Waals surface area contributed by atoms with Crippen LogP contribution in [0, 0.1) is 0 Å². The van der Waals surface area contributed by atoms with Crippen LogP contribution in [0.3, 0.4) is 0 Å². The molecule has 1 aliphatic rings. The highest BCUT2D eigenvalue weighted by atomic mass is 16.6. The van der Waals surface area contributed by atoms with Gasteiger partial charge in [-0.3, -0.25) is 9.59 Å². The van der Waals surface area contributed by atoms with Crippen molar-refractivity contribution in [2.45, 2.75) is 12.8 Å². The van der Waals surface area contributed by atoms with E-state index in [1.54, 1.807) is 18.2 Å². The Hall–Kier alpha value is -3.02. The number of aryl methyl sites for hydroxylation is 1. The van der Waals surface area contributed by atoms with E-state index in [2.05, 4.69) is 5.32 Å². The first kappa shape index (κ1) is 16.8. The summed E-state index contributed by atoms with van der Waals surface area (Å²) in [4.78, 5) is 23.6. The van der Waals surface area contributed by atoms with Crippen LogP contribution in [0.25, 0.3) is 0 Å². The molecule has 2 aromatic carbocycles. The zero-order valence-electron chi connectivity index (χ0n) is 13.7. The molecule has 0 spiro atoms. The van der Waals surface area contributed by atoms with Gasteiger partial charge in [0.05, 0.1) is 0 Å². The lowest BCUT2D eigenvalue weighted by atomic mass is 10.1. The number of fused-ring (bicyclic) bond motifs is 1. The highest BCUT2D eigenvalue weighted by Gasteiger charge is 2.13. The molecule has 0 fully saturated rings. The Balaban J connectivity index is 1.42. The van der Waals surface area contributed by atoms with Gasteiger partial charge in [-0.05, 0) is 24.1 Å². The molecule has 0 aromatic heterocycles. The third kappa shape index (κ3) is 4.97. The smallest absolute Gasteiger partial charge is 0.306 e. The maximum atomic E-state index is 11.9. The van der Waals surface area contributed by atoms with Crippen LogP contribution in [0.5, 0.6) is 11.5 Å². The van der Waals surface area contributed by atoms with E-state index in [9.17, 15) is 9.59 Å². The maximum absolute atomic E-state index is 11.9. The van der Waals surface area contributed by atoms with Crippen molar-refractivity contribution in [2.75, 3.05) is 25.1 Å². The lowest BCUT2D eigenvalue weighted by Gasteiger charge is -2.19. The number of nitrogens with one attached hydrogen (secondary N) is 1. The zero-order valence-corrected chi connectivity index (χ0v) is 13.7. The summed E-state index contributed by atoms with van der Waals surface area (Å²) in [7, 11) is 0. The first-order valence-electron chi connectivity index (χ1n) is 8.10. The number of carbonyl (C=O) groups is 2. The Morgan fingerprint density at radius 1 is 1.00 bits per heavy atom. The maximum Gasteiger partial charge on any atom is 0.306 e. The van der Waals surface area contributed by atoms with Crippen LogP contribution in [0.1, 0.15) is 12.0 Å². The third-order valence-corrected chi connectivity index (χ3v) is 3.65. The highest BCUT2D eigenvalue weighted by molar-refractivity contribution is 5.93.